The molecule has 1 unspecified atom stereocenters. The zero-order valence-corrected chi connectivity index (χ0v) is 18.2. The van der Waals surface area contributed by atoms with Gasteiger partial charge in [0.25, 0.3) is 0 Å². The van der Waals surface area contributed by atoms with Gasteiger partial charge in [0.15, 0.2) is 0 Å². The Morgan fingerprint density at radius 3 is 2.18 bits per heavy atom. The van der Waals surface area contributed by atoms with Gasteiger partial charge in [0.2, 0.25) is 5.91 Å². The van der Waals surface area contributed by atoms with Gasteiger partial charge in [-0.2, -0.15) is 0 Å². The fourth-order valence-electron chi connectivity index (χ4n) is 4.30. The van der Waals surface area contributed by atoms with Crippen molar-refractivity contribution >= 4 is 18.0 Å². The van der Waals surface area contributed by atoms with E-state index in [0.29, 0.717) is 12.3 Å². The summed E-state index contributed by atoms with van der Waals surface area (Å²) in [5.74, 6) is -1.38. The van der Waals surface area contributed by atoms with Crippen molar-refractivity contribution in [2.75, 3.05) is 13.2 Å². The maximum atomic E-state index is 12.2. The van der Waals surface area contributed by atoms with Gasteiger partial charge in [0.1, 0.15) is 12.6 Å². The molecule has 4 N–H and O–H groups in total. The van der Waals surface area contributed by atoms with Crippen LogP contribution in [-0.4, -0.2) is 53.5 Å². The Morgan fingerprint density at radius 1 is 1.00 bits per heavy atom. The Bertz CT molecular complexity index is 990. The Labute approximate surface area is 192 Å². The van der Waals surface area contributed by atoms with Crippen LogP contribution in [-0.2, 0) is 14.3 Å². The number of carbonyl (C=O) groups is 3. The number of aliphatic hydroxyl groups excluding tert-OH is 1. The summed E-state index contributed by atoms with van der Waals surface area (Å²) in [6.07, 6.45) is 0.209. The van der Waals surface area contributed by atoms with E-state index in [1.54, 1.807) is 0 Å². The van der Waals surface area contributed by atoms with Crippen LogP contribution in [0.2, 0.25) is 0 Å². The summed E-state index contributed by atoms with van der Waals surface area (Å²) in [7, 11) is 0. The van der Waals surface area contributed by atoms with Gasteiger partial charge >= 0.3 is 12.1 Å². The highest BCUT2D eigenvalue weighted by molar-refractivity contribution is 5.84. The minimum atomic E-state index is -1.15. The fourth-order valence-corrected chi connectivity index (χ4v) is 4.30. The van der Waals surface area contributed by atoms with Crippen LogP contribution in [0.3, 0.4) is 0 Å². The predicted molar refractivity (Wildman–Crippen MR) is 121 cm³/mol. The van der Waals surface area contributed by atoms with Crippen LogP contribution in [0.4, 0.5) is 4.79 Å². The quantitative estimate of drug-likeness (QED) is 0.439. The van der Waals surface area contributed by atoms with E-state index in [9.17, 15) is 24.6 Å². The third kappa shape index (κ3) is 5.70. The van der Waals surface area contributed by atoms with E-state index >= 15 is 0 Å². The van der Waals surface area contributed by atoms with E-state index in [2.05, 4.69) is 22.8 Å². The van der Waals surface area contributed by atoms with E-state index in [1.807, 2.05) is 36.4 Å². The van der Waals surface area contributed by atoms with Crippen molar-refractivity contribution in [3.63, 3.8) is 0 Å². The number of amides is 2. The van der Waals surface area contributed by atoms with Gasteiger partial charge in [-0.05, 0) is 34.6 Å². The van der Waals surface area contributed by atoms with Crippen molar-refractivity contribution in [1.82, 2.24) is 10.6 Å². The van der Waals surface area contributed by atoms with E-state index in [4.69, 9.17) is 4.74 Å². The lowest BCUT2D eigenvalue weighted by atomic mass is 9.98. The number of carboxylic acids is 1. The summed E-state index contributed by atoms with van der Waals surface area (Å²) in [6, 6.07) is 15.1. The summed E-state index contributed by atoms with van der Waals surface area (Å²) in [4.78, 5) is 35.5. The second kappa shape index (κ2) is 10.0. The number of hydrogen-bond acceptors (Lipinski definition) is 5. The molecule has 1 fully saturated rings. The SMILES string of the molecule is O=C(CC(O)CNC(=O)OCC1c2ccccc2-c2ccccc21)N[C@@H](CC1CC1)C(=O)O. The second-order valence-electron chi connectivity index (χ2n) is 8.70. The number of ether oxygens (including phenoxy) is 1. The molecule has 1 saturated carbocycles. The molecule has 2 aromatic carbocycles. The molecular weight excluding hydrogens is 424 g/mol. The summed E-state index contributed by atoms with van der Waals surface area (Å²) >= 11 is 0. The molecule has 174 valence electrons. The average Bonchev–Trinajstić information content (AvgIpc) is 3.56. The van der Waals surface area contributed by atoms with Gasteiger partial charge in [-0.1, -0.05) is 61.4 Å². The lowest BCUT2D eigenvalue weighted by molar-refractivity contribution is -0.142. The van der Waals surface area contributed by atoms with Gasteiger partial charge in [-0.25, -0.2) is 9.59 Å². The molecule has 2 amide bonds. The highest BCUT2D eigenvalue weighted by atomic mass is 16.5. The number of benzene rings is 2. The lowest BCUT2D eigenvalue weighted by Gasteiger charge is -2.17. The van der Waals surface area contributed by atoms with E-state index in [1.165, 1.54) is 0 Å². The van der Waals surface area contributed by atoms with Crippen molar-refractivity contribution in [2.24, 2.45) is 5.92 Å². The Kier molecular flexibility index (Phi) is 6.93. The molecule has 2 aliphatic carbocycles. The molecule has 4 rings (SSSR count). The monoisotopic (exact) mass is 452 g/mol. The zero-order chi connectivity index (χ0) is 23.4. The Morgan fingerprint density at radius 2 is 1.61 bits per heavy atom. The van der Waals surface area contributed by atoms with Crippen molar-refractivity contribution < 1.29 is 29.3 Å². The molecule has 33 heavy (non-hydrogen) atoms. The topological polar surface area (TPSA) is 125 Å². The van der Waals surface area contributed by atoms with Crippen molar-refractivity contribution in [2.45, 2.75) is 43.7 Å². The van der Waals surface area contributed by atoms with Crippen molar-refractivity contribution in [1.29, 1.82) is 0 Å². The van der Waals surface area contributed by atoms with Crippen LogP contribution in [0.1, 0.15) is 42.7 Å². The number of alkyl carbamates (subject to hydrolysis) is 1. The van der Waals surface area contributed by atoms with Crippen LogP contribution < -0.4 is 10.6 Å². The zero-order valence-electron chi connectivity index (χ0n) is 18.2. The molecule has 0 radical (unpaired) electrons. The minimum absolute atomic E-state index is 0.0710. The van der Waals surface area contributed by atoms with Crippen LogP contribution in [0.5, 0.6) is 0 Å². The first-order chi connectivity index (χ1) is 15.9. The molecule has 0 heterocycles. The molecule has 2 aliphatic rings. The summed E-state index contributed by atoms with van der Waals surface area (Å²) in [5.41, 5.74) is 4.46. The highest BCUT2D eigenvalue weighted by Crippen LogP contribution is 2.44. The first-order valence-electron chi connectivity index (χ1n) is 11.2. The molecule has 0 bridgehead atoms. The molecule has 0 spiro atoms. The van der Waals surface area contributed by atoms with Gasteiger partial charge in [0, 0.05) is 12.5 Å². The fraction of sp³-hybridized carbons (Fsp3) is 0.400. The molecule has 0 aliphatic heterocycles. The molecule has 0 saturated heterocycles. The predicted octanol–water partition coefficient (Wildman–Crippen LogP) is 2.65. The van der Waals surface area contributed by atoms with Crippen LogP contribution in [0.15, 0.2) is 48.5 Å². The molecule has 2 aromatic rings. The van der Waals surface area contributed by atoms with Crippen molar-refractivity contribution in [3.8, 4) is 11.1 Å². The van der Waals surface area contributed by atoms with Crippen LogP contribution in [0, 0.1) is 5.92 Å². The smallest absolute Gasteiger partial charge is 0.407 e. The van der Waals surface area contributed by atoms with Gasteiger partial charge in [-0.15, -0.1) is 0 Å². The maximum Gasteiger partial charge on any atom is 0.407 e. The minimum Gasteiger partial charge on any atom is -0.480 e. The molecule has 8 heteroatoms. The normalized spacial score (nSPS) is 16.3. The number of aliphatic carboxylic acids is 1. The van der Waals surface area contributed by atoms with E-state index < -0.39 is 30.1 Å². The van der Waals surface area contributed by atoms with Gasteiger partial charge in [-0.3, -0.25) is 4.79 Å². The third-order valence-corrected chi connectivity index (χ3v) is 6.15. The number of fused-ring (bicyclic) bond motifs is 3. The molecule has 8 nitrogen and oxygen atoms in total. The number of carboxylic acid groups (broad SMARTS) is 1. The Hall–Kier alpha value is -3.39. The lowest BCUT2D eigenvalue weighted by Crippen LogP contribution is -2.43. The van der Waals surface area contributed by atoms with E-state index in [-0.39, 0.29) is 25.5 Å². The standard InChI is InChI=1S/C25H28N2O6/c28-16(12-23(29)27-22(24(30)31)11-15-9-10-15)13-26-25(32)33-14-21-19-7-3-1-5-17(19)18-6-2-4-8-20(18)21/h1-8,15-16,21-22,28H,9-14H2,(H,26,32)(H,27,29)(H,30,31)/t16?,22-/m0/s1. The van der Waals surface area contributed by atoms with Gasteiger partial charge in [0.05, 0.1) is 12.5 Å². The first kappa shape index (κ1) is 22.8. The average molecular weight is 453 g/mol. The first-order valence-corrected chi connectivity index (χ1v) is 11.2. The number of nitrogens with one attached hydrogen (secondary N) is 2. The highest BCUT2D eigenvalue weighted by Gasteiger charge is 2.31. The van der Waals surface area contributed by atoms with Gasteiger partial charge < -0.3 is 25.6 Å². The molecule has 2 atom stereocenters. The largest absolute Gasteiger partial charge is 0.480 e. The number of aliphatic hydroxyl groups is 1. The summed E-state index contributed by atoms with van der Waals surface area (Å²) in [5, 5.41) is 24.2. The van der Waals surface area contributed by atoms with Crippen LogP contribution >= 0.6 is 0 Å². The maximum absolute atomic E-state index is 12.2. The van der Waals surface area contributed by atoms with E-state index in [0.717, 1.165) is 35.1 Å². The van der Waals surface area contributed by atoms with Crippen molar-refractivity contribution in [3.05, 3.63) is 59.7 Å². The number of carbonyl (C=O) groups excluding carboxylic acids is 2. The summed E-state index contributed by atoms with van der Waals surface area (Å²) in [6.45, 7) is -0.0254. The third-order valence-electron chi connectivity index (χ3n) is 6.15. The molecule has 0 aromatic heterocycles. The Balaban J connectivity index is 1.23. The summed E-state index contributed by atoms with van der Waals surface area (Å²) < 4.78 is 5.40. The molecular formula is C25H28N2O6. The number of rotatable bonds is 10. The second-order valence-corrected chi connectivity index (χ2v) is 8.70. The van der Waals surface area contributed by atoms with Crippen LogP contribution in [0.25, 0.3) is 11.1 Å². The number of hydrogen-bond donors (Lipinski definition) is 4.